The molecule has 0 aromatic heterocycles. The molecule has 3 aromatic carbocycles. The van der Waals surface area contributed by atoms with Crippen LogP contribution in [-0.4, -0.2) is 51.1 Å². The van der Waals surface area contributed by atoms with Gasteiger partial charge in [-0.15, -0.1) is 0 Å². The summed E-state index contributed by atoms with van der Waals surface area (Å²) in [4.78, 5) is 17.6. The van der Waals surface area contributed by atoms with Crippen LogP contribution in [0.2, 0.25) is 0 Å². The molecule has 5 nitrogen and oxygen atoms in total. The third-order valence-corrected chi connectivity index (χ3v) is 5.97. The fraction of sp³-hybridized carbons (Fsp3) is 0.320. The summed E-state index contributed by atoms with van der Waals surface area (Å²) in [5.74, 6) is 0.588. The van der Waals surface area contributed by atoms with Gasteiger partial charge in [0.05, 0.1) is 13.0 Å². The van der Waals surface area contributed by atoms with Crippen molar-refractivity contribution in [2.75, 3.05) is 50.6 Å². The Labute approximate surface area is 178 Å². The highest BCUT2D eigenvalue weighted by atomic mass is 16.5. The van der Waals surface area contributed by atoms with Crippen LogP contribution in [0.1, 0.15) is 18.4 Å². The van der Waals surface area contributed by atoms with Gasteiger partial charge < -0.3 is 19.9 Å². The third kappa shape index (κ3) is 4.41. The molecule has 4 rings (SSSR count). The van der Waals surface area contributed by atoms with Gasteiger partial charge in [-0.25, -0.2) is 0 Å². The van der Waals surface area contributed by atoms with E-state index in [9.17, 15) is 4.79 Å². The molecule has 1 fully saturated rings. The number of nitrogens with one attached hydrogen (secondary N) is 1. The number of piperazine rings is 1. The predicted octanol–water partition coefficient (Wildman–Crippen LogP) is 4.34. The first kappa shape index (κ1) is 20.2. The zero-order chi connectivity index (χ0) is 21.1. The molecule has 30 heavy (non-hydrogen) atoms. The zero-order valence-corrected chi connectivity index (χ0v) is 17.9. The van der Waals surface area contributed by atoms with Crippen LogP contribution >= 0.6 is 0 Å². The number of amides is 1. The fourth-order valence-corrected chi connectivity index (χ4v) is 3.86. The molecule has 0 aliphatic carbocycles. The van der Waals surface area contributed by atoms with E-state index in [1.165, 1.54) is 5.69 Å². The first-order chi connectivity index (χ1) is 14.5. The molecule has 3 aromatic rings. The molecule has 1 heterocycles. The fourth-order valence-electron chi connectivity index (χ4n) is 3.86. The molecule has 5 heteroatoms. The number of hydrogen-bond acceptors (Lipinski definition) is 4. The summed E-state index contributed by atoms with van der Waals surface area (Å²) >= 11 is 0. The van der Waals surface area contributed by atoms with Crippen LogP contribution in [0, 0.1) is 0 Å². The van der Waals surface area contributed by atoms with Crippen LogP contribution < -0.4 is 15.0 Å². The predicted molar refractivity (Wildman–Crippen MR) is 124 cm³/mol. The second-order valence-electron chi connectivity index (χ2n) is 8.02. The van der Waals surface area contributed by atoms with Crippen molar-refractivity contribution in [3.05, 3.63) is 66.2 Å². The maximum absolute atomic E-state index is 12.8. The van der Waals surface area contributed by atoms with Gasteiger partial charge in [-0.05, 0) is 66.7 Å². The number of methoxy groups -OCH3 is 1. The van der Waals surface area contributed by atoms with E-state index in [1.807, 2.05) is 49.4 Å². The van der Waals surface area contributed by atoms with Gasteiger partial charge in [-0.2, -0.15) is 0 Å². The van der Waals surface area contributed by atoms with Crippen molar-refractivity contribution in [1.82, 2.24) is 4.90 Å². The number of fused-ring (bicyclic) bond motifs is 1. The number of carbonyl (C=O) groups excluding carboxylic acids is 1. The minimum atomic E-state index is -0.242. The molecule has 1 N–H and O–H groups in total. The van der Waals surface area contributed by atoms with Crippen molar-refractivity contribution >= 4 is 28.1 Å². The Balaban J connectivity index is 1.42. The summed E-state index contributed by atoms with van der Waals surface area (Å²) in [6.07, 6.45) is 0. The van der Waals surface area contributed by atoms with Crippen LogP contribution in [0.4, 0.5) is 11.4 Å². The lowest BCUT2D eigenvalue weighted by molar-refractivity contribution is -0.117. The highest BCUT2D eigenvalue weighted by Gasteiger charge is 2.17. The van der Waals surface area contributed by atoms with E-state index in [1.54, 1.807) is 7.11 Å². The molecule has 1 aliphatic rings. The summed E-state index contributed by atoms with van der Waals surface area (Å²) in [5, 5.41) is 5.26. The van der Waals surface area contributed by atoms with Gasteiger partial charge in [0, 0.05) is 37.6 Å². The average Bonchev–Trinajstić information content (AvgIpc) is 2.79. The number of likely N-dealkylation sites (N-methyl/N-ethyl adjacent to an activating group) is 1. The first-order valence-corrected chi connectivity index (χ1v) is 10.5. The molecular weight excluding hydrogens is 374 g/mol. The van der Waals surface area contributed by atoms with E-state index in [4.69, 9.17) is 4.74 Å². The SMILES string of the molecule is COc1ccc2cc(C(C)C(=O)Nc3ccc(N4CCN(C)CC4)cc3)ccc2c1. The Morgan fingerprint density at radius 2 is 1.60 bits per heavy atom. The number of rotatable bonds is 5. The van der Waals surface area contributed by atoms with E-state index in [-0.39, 0.29) is 11.8 Å². The van der Waals surface area contributed by atoms with Gasteiger partial charge >= 0.3 is 0 Å². The second-order valence-corrected chi connectivity index (χ2v) is 8.02. The largest absolute Gasteiger partial charge is 0.497 e. The molecule has 0 radical (unpaired) electrons. The van der Waals surface area contributed by atoms with Crippen LogP contribution in [0.3, 0.4) is 0 Å². The van der Waals surface area contributed by atoms with Crippen molar-refractivity contribution < 1.29 is 9.53 Å². The van der Waals surface area contributed by atoms with Gasteiger partial charge in [-0.3, -0.25) is 4.79 Å². The molecule has 1 saturated heterocycles. The van der Waals surface area contributed by atoms with Gasteiger partial charge in [-0.1, -0.05) is 24.3 Å². The minimum absolute atomic E-state index is 0.00444. The quantitative estimate of drug-likeness (QED) is 0.688. The smallest absolute Gasteiger partial charge is 0.231 e. The molecule has 0 saturated carbocycles. The van der Waals surface area contributed by atoms with Crippen LogP contribution in [0.15, 0.2) is 60.7 Å². The standard InChI is InChI=1S/C25H29N3O2/c1-18(19-4-5-21-17-24(30-3)11-6-20(21)16-19)25(29)26-22-7-9-23(10-8-22)28-14-12-27(2)13-15-28/h4-11,16-18H,12-15H2,1-3H3,(H,26,29). The summed E-state index contributed by atoms with van der Waals surface area (Å²) in [6, 6.07) is 20.3. The Bertz CT molecular complexity index is 1020. The monoisotopic (exact) mass is 403 g/mol. The lowest BCUT2D eigenvalue weighted by Crippen LogP contribution is -2.44. The van der Waals surface area contributed by atoms with E-state index < -0.39 is 0 Å². The molecule has 1 unspecified atom stereocenters. The van der Waals surface area contributed by atoms with Gasteiger partial charge in [0.2, 0.25) is 5.91 Å². The zero-order valence-electron chi connectivity index (χ0n) is 17.9. The maximum atomic E-state index is 12.8. The van der Waals surface area contributed by atoms with E-state index >= 15 is 0 Å². The number of nitrogens with zero attached hydrogens (tertiary/aromatic N) is 2. The number of hydrogen-bond donors (Lipinski definition) is 1. The summed E-state index contributed by atoms with van der Waals surface area (Å²) in [7, 11) is 3.82. The highest BCUT2D eigenvalue weighted by molar-refractivity contribution is 5.96. The van der Waals surface area contributed by atoms with Crippen LogP contribution in [0.25, 0.3) is 10.8 Å². The van der Waals surface area contributed by atoms with Crippen molar-refractivity contribution in [2.45, 2.75) is 12.8 Å². The van der Waals surface area contributed by atoms with Crippen LogP contribution in [0.5, 0.6) is 5.75 Å². The molecule has 0 spiro atoms. The summed E-state index contributed by atoms with van der Waals surface area (Å²) in [5.41, 5.74) is 3.04. The van der Waals surface area contributed by atoms with Gasteiger partial charge in [0.1, 0.15) is 5.75 Å². The Hall–Kier alpha value is -3.05. The van der Waals surface area contributed by atoms with Crippen LogP contribution in [-0.2, 0) is 4.79 Å². The van der Waals surface area contributed by atoms with Crippen molar-refractivity contribution in [3.63, 3.8) is 0 Å². The second kappa shape index (κ2) is 8.76. The lowest BCUT2D eigenvalue weighted by Gasteiger charge is -2.34. The molecule has 1 aliphatic heterocycles. The van der Waals surface area contributed by atoms with Gasteiger partial charge in [0.15, 0.2) is 0 Å². The van der Waals surface area contributed by atoms with Crippen molar-refractivity contribution in [3.8, 4) is 5.75 Å². The first-order valence-electron chi connectivity index (χ1n) is 10.5. The molecule has 1 amide bonds. The Morgan fingerprint density at radius 1 is 0.933 bits per heavy atom. The molecule has 1 atom stereocenters. The van der Waals surface area contributed by atoms with Crippen molar-refractivity contribution in [1.29, 1.82) is 0 Å². The Kier molecular flexibility index (Phi) is 5.91. The maximum Gasteiger partial charge on any atom is 0.231 e. The van der Waals surface area contributed by atoms with E-state index in [2.05, 4.69) is 40.4 Å². The number of anilines is 2. The summed E-state index contributed by atoms with van der Waals surface area (Å²) < 4.78 is 5.29. The number of ether oxygens (including phenoxy) is 1. The average molecular weight is 404 g/mol. The van der Waals surface area contributed by atoms with Crippen molar-refractivity contribution in [2.24, 2.45) is 0 Å². The topological polar surface area (TPSA) is 44.8 Å². The van der Waals surface area contributed by atoms with E-state index in [0.717, 1.165) is 54.0 Å². The lowest BCUT2D eigenvalue weighted by atomic mass is 9.97. The molecular formula is C25H29N3O2. The van der Waals surface area contributed by atoms with Gasteiger partial charge in [0.25, 0.3) is 0 Å². The number of carbonyl (C=O) groups is 1. The summed E-state index contributed by atoms with van der Waals surface area (Å²) in [6.45, 7) is 6.17. The molecule has 0 bridgehead atoms. The number of benzene rings is 3. The normalized spacial score (nSPS) is 15.8. The Morgan fingerprint density at radius 3 is 2.30 bits per heavy atom. The minimum Gasteiger partial charge on any atom is -0.497 e. The highest BCUT2D eigenvalue weighted by Crippen LogP contribution is 2.26. The molecule has 156 valence electrons. The third-order valence-electron chi connectivity index (χ3n) is 5.97. The van der Waals surface area contributed by atoms with E-state index in [0.29, 0.717) is 0 Å².